The molecule has 0 bridgehead atoms. The van der Waals surface area contributed by atoms with Crippen LogP contribution in [0.4, 0.5) is 0 Å². The summed E-state index contributed by atoms with van der Waals surface area (Å²) in [5, 5.41) is 0. The van der Waals surface area contributed by atoms with Gasteiger partial charge in [0.15, 0.2) is 0 Å². The predicted molar refractivity (Wildman–Crippen MR) is 73.6 cm³/mol. The predicted octanol–water partition coefficient (Wildman–Crippen LogP) is 2.54. The average molecular weight is 270 g/mol. The minimum absolute atomic E-state index is 0.282. The standard InChI is InChI=1S/C16H14O4/c1-16(2)8-7-10-13(17)14(18)12-9(15(10)20-16)5-4-6-11(12)19-3/h4-8H,1-3H3. The van der Waals surface area contributed by atoms with Crippen LogP contribution in [-0.4, -0.2) is 24.3 Å². The molecular weight excluding hydrogens is 256 g/mol. The van der Waals surface area contributed by atoms with Gasteiger partial charge in [0.2, 0.25) is 11.6 Å². The van der Waals surface area contributed by atoms with Gasteiger partial charge in [0, 0.05) is 5.56 Å². The van der Waals surface area contributed by atoms with E-state index >= 15 is 0 Å². The minimum Gasteiger partial charge on any atom is -0.496 e. The van der Waals surface area contributed by atoms with E-state index in [0.717, 1.165) is 0 Å². The molecule has 20 heavy (non-hydrogen) atoms. The summed E-state index contributed by atoms with van der Waals surface area (Å²) in [5.41, 5.74) is 0.695. The fourth-order valence-electron chi connectivity index (χ4n) is 2.45. The van der Waals surface area contributed by atoms with Crippen LogP contribution >= 0.6 is 0 Å². The van der Waals surface area contributed by atoms with Crippen molar-refractivity contribution in [1.29, 1.82) is 0 Å². The number of ether oxygens (including phenoxy) is 2. The summed E-state index contributed by atoms with van der Waals surface area (Å²) in [7, 11) is 1.48. The Kier molecular flexibility index (Phi) is 2.57. The molecule has 0 fully saturated rings. The first kappa shape index (κ1) is 12.7. The maximum absolute atomic E-state index is 12.3. The van der Waals surface area contributed by atoms with Gasteiger partial charge in [-0.15, -0.1) is 0 Å². The van der Waals surface area contributed by atoms with E-state index in [0.29, 0.717) is 22.6 Å². The first-order valence-corrected chi connectivity index (χ1v) is 6.33. The Balaban J connectivity index is 2.29. The summed E-state index contributed by atoms with van der Waals surface area (Å²) in [5.74, 6) is -0.257. The molecule has 4 nitrogen and oxygen atoms in total. The molecule has 2 aliphatic rings. The molecule has 1 heterocycles. The third kappa shape index (κ3) is 1.68. The molecule has 102 valence electrons. The van der Waals surface area contributed by atoms with E-state index in [1.165, 1.54) is 7.11 Å². The Labute approximate surface area is 116 Å². The Morgan fingerprint density at radius 3 is 2.60 bits per heavy atom. The van der Waals surface area contributed by atoms with Crippen molar-refractivity contribution in [2.24, 2.45) is 0 Å². The molecule has 1 aliphatic heterocycles. The first-order chi connectivity index (χ1) is 9.44. The molecule has 3 rings (SSSR count). The lowest BCUT2D eigenvalue weighted by Crippen LogP contribution is -2.31. The number of carbonyl (C=O) groups excluding carboxylic acids is 2. The highest BCUT2D eigenvalue weighted by atomic mass is 16.5. The van der Waals surface area contributed by atoms with Gasteiger partial charge in [0.1, 0.15) is 17.1 Å². The molecule has 4 heteroatoms. The Morgan fingerprint density at radius 2 is 1.90 bits per heavy atom. The van der Waals surface area contributed by atoms with E-state index in [2.05, 4.69) is 0 Å². The van der Waals surface area contributed by atoms with Gasteiger partial charge in [-0.2, -0.15) is 0 Å². The van der Waals surface area contributed by atoms with Crippen molar-refractivity contribution < 1.29 is 19.1 Å². The molecule has 1 aromatic rings. The minimum atomic E-state index is -0.552. The number of Topliss-reactive ketones (excluding diaryl/α,β-unsaturated/α-hetero) is 2. The van der Waals surface area contributed by atoms with Crippen molar-refractivity contribution >= 4 is 17.3 Å². The number of hydrogen-bond donors (Lipinski definition) is 0. The molecule has 1 aromatic carbocycles. The second-order valence-electron chi connectivity index (χ2n) is 5.32. The lowest BCUT2D eigenvalue weighted by atomic mass is 9.85. The highest BCUT2D eigenvalue weighted by molar-refractivity contribution is 6.53. The number of allylic oxidation sites excluding steroid dienone is 2. The second-order valence-corrected chi connectivity index (χ2v) is 5.32. The summed E-state index contributed by atoms with van der Waals surface area (Å²) in [6.45, 7) is 3.79. The number of hydrogen-bond acceptors (Lipinski definition) is 4. The molecule has 0 saturated carbocycles. The summed E-state index contributed by atoms with van der Waals surface area (Å²) < 4.78 is 11.1. The topological polar surface area (TPSA) is 52.6 Å². The Hall–Kier alpha value is -2.36. The van der Waals surface area contributed by atoms with Crippen LogP contribution in [0.1, 0.15) is 29.8 Å². The van der Waals surface area contributed by atoms with Crippen LogP contribution in [0.25, 0.3) is 5.76 Å². The van der Waals surface area contributed by atoms with Crippen molar-refractivity contribution in [3.8, 4) is 5.75 Å². The molecule has 0 spiro atoms. The number of ketones is 2. The molecule has 0 unspecified atom stereocenters. The molecule has 0 aromatic heterocycles. The van der Waals surface area contributed by atoms with Gasteiger partial charge in [0.25, 0.3) is 0 Å². The maximum Gasteiger partial charge on any atom is 0.238 e. The smallest absolute Gasteiger partial charge is 0.238 e. The van der Waals surface area contributed by atoms with Gasteiger partial charge in [-0.3, -0.25) is 9.59 Å². The fraction of sp³-hybridized carbons (Fsp3) is 0.250. The van der Waals surface area contributed by atoms with Gasteiger partial charge in [-0.05, 0) is 32.1 Å². The van der Waals surface area contributed by atoms with E-state index in [9.17, 15) is 9.59 Å². The maximum atomic E-state index is 12.3. The number of rotatable bonds is 1. The number of fused-ring (bicyclic) bond motifs is 2. The molecule has 0 amide bonds. The van der Waals surface area contributed by atoms with Gasteiger partial charge >= 0.3 is 0 Å². The average Bonchev–Trinajstić information content (AvgIpc) is 2.43. The normalized spacial score (nSPS) is 19.4. The highest BCUT2D eigenvalue weighted by Crippen LogP contribution is 2.40. The lowest BCUT2D eigenvalue weighted by Gasteiger charge is -2.32. The SMILES string of the molecule is COc1cccc2c1C(=O)C(=O)C1=C2OC(C)(C)C=C1. The molecule has 0 radical (unpaired) electrons. The monoisotopic (exact) mass is 270 g/mol. The van der Waals surface area contributed by atoms with Crippen LogP contribution in [0.2, 0.25) is 0 Å². The zero-order chi connectivity index (χ0) is 14.5. The molecule has 0 N–H and O–H groups in total. The zero-order valence-electron chi connectivity index (χ0n) is 11.5. The van der Waals surface area contributed by atoms with E-state index in [1.54, 1.807) is 30.4 Å². The van der Waals surface area contributed by atoms with Crippen LogP contribution in [0, 0.1) is 0 Å². The zero-order valence-corrected chi connectivity index (χ0v) is 11.5. The van der Waals surface area contributed by atoms with Gasteiger partial charge in [0.05, 0.1) is 18.2 Å². The van der Waals surface area contributed by atoms with Crippen LogP contribution in [0.3, 0.4) is 0 Å². The number of benzene rings is 1. The van der Waals surface area contributed by atoms with Crippen molar-refractivity contribution in [3.63, 3.8) is 0 Å². The van der Waals surface area contributed by atoms with E-state index < -0.39 is 17.2 Å². The summed E-state index contributed by atoms with van der Waals surface area (Å²) in [4.78, 5) is 24.5. The van der Waals surface area contributed by atoms with Crippen molar-refractivity contribution in [3.05, 3.63) is 47.1 Å². The third-order valence-corrected chi connectivity index (χ3v) is 3.43. The van der Waals surface area contributed by atoms with Crippen LogP contribution in [-0.2, 0) is 9.53 Å². The Bertz CT molecular complexity index is 692. The Morgan fingerprint density at radius 1 is 1.15 bits per heavy atom. The van der Waals surface area contributed by atoms with Gasteiger partial charge < -0.3 is 9.47 Å². The lowest BCUT2D eigenvalue weighted by molar-refractivity contribution is -0.111. The number of carbonyl (C=O) groups is 2. The first-order valence-electron chi connectivity index (χ1n) is 6.33. The van der Waals surface area contributed by atoms with Crippen molar-refractivity contribution in [1.82, 2.24) is 0 Å². The largest absolute Gasteiger partial charge is 0.496 e. The summed E-state index contributed by atoms with van der Waals surface area (Å²) in [6, 6.07) is 5.21. The molecular formula is C16H14O4. The fourth-order valence-corrected chi connectivity index (χ4v) is 2.45. The van der Waals surface area contributed by atoms with Crippen LogP contribution in [0.5, 0.6) is 5.75 Å². The molecule has 0 saturated heterocycles. The highest BCUT2D eigenvalue weighted by Gasteiger charge is 2.38. The van der Waals surface area contributed by atoms with Gasteiger partial charge in [-0.25, -0.2) is 0 Å². The van der Waals surface area contributed by atoms with Gasteiger partial charge in [-0.1, -0.05) is 12.1 Å². The van der Waals surface area contributed by atoms with E-state index in [1.807, 2.05) is 13.8 Å². The number of methoxy groups -OCH3 is 1. The van der Waals surface area contributed by atoms with Crippen LogP contribution < -0.4 is 4.74 Å². The van der Waals surface area contributed by atoms with E-state index in [-0.39, 0.29) is 5.56 Å². The molecule has 0 atom stereocenters. The quantitative estimate of drug-likeness (QED) is 0.736. The third-order valence-electron chi connectivity index (χ3n) is 3.43. The second kappa shape index (κ2) is 4.07. The van der Waals surface area contributed by atoms with Crippen molar-refractivity contribution in [2.75, 3.05) is 7.11 Å². The van der Waals surface area contributed by atoms with E-state index in [4.69, 9.17) is 9.47 Å². The summed E-state index contributed by atoms with van der Waals surface area (Å²) in [6.07, 6.45) is 3.45. The summed E-state index contributed by atoms with van der Waals surface area (Å²) >= 11 is 0. The van der Waals surface area contributed by atoms with Crippen LogP contribution in [0.15, 0.2) is 35.9 Å². The molecule has 1 aliphatic carbocycles. The van der Waals surface area contributed by atoms with Crippen molar-refractivity contribution in [2.45, 2.75) is 19.4 Å².